The first-order chi connectivity index (χ1) is 17.0. The Bertz CT molecular complexity index is 961. The molecule has 1 aliphatic carbocycles. The second-order valence-corrected chi connectivity index (χ2v) is 9.07. The lowest BCUT2D eigenvalue weighted by molar-refractivity contribution is -0.137. The number of rotatable bonds is 14. The quantitative estimate of drug-likeness (QED) is 0.321. The largest absolute Gasteiger partial charge is 0.481 e. The van der Waals surface area contributed by atoms with Crippen molar-refractivity contribution in [2.75, 3.05) is 13.2 Å². The minimum Gasteiger partial charge on any atom is -0.481 e. The Morgan fingerprint density at radius 1 is 0.943 bits per heavy atom. The lowest BCUT2D eigenvalue weighted by Gasteiger charge is -2.16. The molecule has 0 heterocycles. The number of carboxylic acids is 1. The van der Waals surface area contributed by atoms with Crippen LogP contribution in [0.4, 0.5) is 4.79 Å². The van der Waals surface area contributed by atoms with Gasteiger partial charge in [-0.1, -0.05) is 74.7 Å². The second kappa shape index (κ2) is 13.5. The number of amides is 2. The number of carbonyl (C=O) groups excluding carboxylic acids is 2. The Labute approximate surface area is 207 Å². The predicted octanol–water partition coefficient (Wildman–Crippen LogP) is 5.24. The van der Waals surface area contributed by atoms with E-state index in [2.05, 4.69) is 34.9 Å². The molecule has 7 heteroatoms. The predicted molar refractivity (Wildman–Crippen MR) is 135 cm³/mol. The van der Waals surface area contributed by atoms with Crippen LogP contribution in [0.2, 0.25) is 0 Å². The van der Waals surface area contributed by atoms with E-state index in [-0.39, 0.29) is 30.9 Å². The van der Waals surface area contributed by atoms with Gasteiger partial charge in [-0.2, -0.15) is 0 Å². The van der Waals surface area contributed by atoms with Crippen molar-refractivity contribution in [1.29, 1.82) is 0 Å². The Morgan fingerprint density at radius 3 is 2.23 bits per heavy atom. The molecule has 0 aromatic heterocycles. The fourth-order valence-electron chi connectivity index (χ4n) is 4.61. The van der Waals surface area contributed by atoms with E-state index in [1.807, 2.05) is 31.2 Å². The van der Waals surface area contributed by atoms with Gasteiger partial charge >= 0.3 is 12.1 Å². The molecule has 0 spiro atoms. The third-order valence-electron chi connectivity index (χ3n) is 6.39. The molecule has 0 saturated carbocycles. The van der Waals surface area contributed by atoms with Crippen LogP contribution in [0.25, 0.3) is 11.1 Å². The molecule has 0 radical (unpaired) electrons. The molecule has 3 N–H and O–H groups in total. The fourth-order valence-corrected chi connectivity index (χ4v) is 4.61. The van der Waals surface area contributed by atoms with E-state index in [0.29, 0.717) is 25.8 Å². The molecule has 0 bridgehead atoms. The van der Waals surface area contributed by atoms with Crippen molar-refractivity contribution in [2.24, 2.45) is 0 Å². The first kappa shape index (κ1) is 26.3. The van der Waals surface area contributed by atoms with Crippen LogP contribution < -0.4 is 10.6 Å². The van der Waals surface area contributed by atoms with Gasteiger partial charge < -0.3 is 20.5 Å². The van der Waals surface area contributed by atoms with Crippen LogP contribution in [-0.2, 0) is 14.3 Å². The first-order valence-electron chi connectivity index (χ1n) is 12.6. The Hall–Kier alpha value is -3.35. The van der Waals surface area contributed by atoms with E-state index in [1.54, 1.807) is 0 Å². The zero-order chi connectivity index (χ0) is 25.0. The summed E-state index contributed by atoms with van der Waals surface area (Å²) in [5.74, 6) is -0.975. The summed E-state index contributed by atoms with van der Waals surface area (Å²) in [6, 6.07) is 16.1. The van der Waals surface area contributed by atoms with Crippen molar-refractivity contribution in [1.82, 2.24) is 10.6 Å². The number of fused-ring (bicyclic) bond motifs is 3. The fraction of sp³-hybridized carbons (Fsp3) is 0.464. The highest BCUT2D eigenvalue weighted by atomic mass is 16.5. The highest BCUT2D eigenvalue weighted by Gasteiger charge is 2.28. The Kier molecular flexibility index (Phi) is 10.1. The van der Waals surface area contributed by atoms with Crippen LogP contribution in [0, 0.1) is 0 Å². The summed E-state index contributed by atoms with van der Waals surface area (Å²) in [6.07, 6.45) is 4.62. The number of alkyl carbamates (subject to hydrolysis) is 1. The van der Waals surface area contributed by atoms with E-state index in [9.17, 15) is 14.4 Å². The number of hydrogen-bond donors (Lipinski definition) is 3. The maximum atomic E-state index is 12.2. The van der Waals surface area contributed by atoms with E-state index in [4.69, 9.17) is 9.84 Å². The van der Waals surface area contributed by atoms with Crippen LogP contribution in [0.1, 0.15) is 75.3 Å². The van der Waals surface area contributed by atoms with Crippen LogP contribution >= 0.6 is 0 Å². The van der Waals surface area contributed by atoms with Crippen molar-refractivity contribution in [3.05, 3.63) is 59.7 Å². The van der Waals surface area contributed by atoms with Crippen LogP contribution in [0.3, 0.4) is 0 Å². The molecule has 0 aliphatic heterocycles. The average Bonchev–Trinajstić information content (AvgIpc) is 3.16. The summed E-state index contributed by atoms with van der Waals surface area (Å²) in [5, 5.41) is 14.6. The highest BCUT2D eigenvalue weighted by Crippen LogP contribution is 2.44. The van der Waals surface area contributed by atoms with Crippen LogP contribution in [0.15, 0.2) is 48.5 Å². The molecule has 7 nitrogen and oxygen atoms in total. The van der Waals surface area contributed by atoms with Gasteiger partial charge in [-0.25, -0.2) is 4.79 Å². The van der Waals surface area contributed by atoms with Crippen LogP contribution in [-0.4, -0.2) is 42.3 Å². The normalized spacial score (nSPS) is 12.9. The summed E-state index contributed by atoms with van der Waals surface area (Å²) in [7, 11) is 0. The highest BCUT2D eigenvalue weighted by molar-refractivity contribution is 5.79. The van der Waals surface area contributed by atoms with E-state index in [1.165, 1.54) is 22.3 Å². The number of hydrogen-bond acceptors (Lipinski definition) is 4. The van der Waals surface area contributed by atoms with Gasteiger partial charge in [0, 0.05) is 24.9 Å². The zero-order valence-corrected chi connectivity index (χ0v) is 20.4. The molecule has 2 aromatic carbocycles. The number of ether oxygens (including phenoxy) is 1. The van der Waals surface area contributed by atoms with Crippen molar-refractivity contribution < 1.29 is 24.2 Å². The SMILES string of the molecule is CCCC[C@@H](CC(=O)O)NC(=O)CCCCCNC(=O)OCC1c2ccccc2-c2ccccc21. The van der Waals surface area contributed by atoms with Gasteiger partial charge in [0.2, 0.25) is 5.91 Å². The number of benzene rings is 2. The van der Waals surface area contributed by atoms with E-state index < -0.39 is 12.1 Å². The molecular formula is C28H36N2O5. The van der Waals surface area contributed by atoms with E-state index >= 15 is 0 Å². The minimum absolute atomic E-state index is 0.0361. The zero-order valence-electron chi connectivity index (χ0n) is 20.4. The summed E-state index contributed by atoms with van der Waals surface area (Å²) in [4.78, 5) is 35.3. The number of carboxylic acid groups (broad SMARTS) is 1. The topological polar surface area (TPSA) is 105 Å². The Balaban J connectivity index is 1.32. The van der Waals surface area contributed by atoms with Crippen molar-refractivity contribution in [3.8, 4) is 11.1 Å². The molecular weight excluding hydrogens is 444 g/mol. The third-order valence-corrected chi connectivity index (χ3v) is 6.39. The molecule has 0 saturated heterocycles. The smallest absolute Gasteiger partial charge is 0.407 e. The maximum absolute atomic E-state index is 12.2. The van der Waals surface area contributed by atoms with Gasteiger partial charge in [0.05, 0.1) is 6.42 Å². The van der Waals surface area contributed by atoms with Crippen LogP contribution in [0.5, 0.6) is 0 Å². The molecule has 0 fully saturated rings. The van der Waals surface area contributed by atoms with Gasteiger partial charge in [-0.3, -0.25) is 9.59 Å². The number of aliphatic carboxylic acids is 1. The number of unbranched alkanes of at least 4 members (excludes halogenated alkanes) is 3. The minimum atomic E-state index is -0.897. The summed E-state index contributed by atoms with van der Waals surface area (Å²) in [5.41, 5.74) is 4.75. The molecule has 2 aromatic rings. The van der Waals surface area contributed by atoms with Gasteiger partial charge in [0.25, 0.3) is 0 Å². The standard InChI is InChI=1S/C28H36N2O5/c1-2-3-11-20(18-27(32)33)30-26(31)16-5-4-10-17-29-28(34)35-19-25-23-14-8-6-12-21(23)22-13-7-9-15-24(22)25/h6-9,12-15,20,25H,2-5,10-11,16-19H2,1H3,(H,29,34)(H,30,31)(H,32,33)/t20-/m0/s1. The average molecular weight is 481 g/mol. The lowest BCUT2D eigenvalue weighted by atomic mass is 9.98. The van der Waals surface area contributed by atoms with Crippen molar-refractivity contribution in [3.63, 3.8) is 0 Å². The molecule has 2 amide bonds. The molecule has 1 aliphatic rings. The molecule has 188 valence electrons. The monoisotopic (exact) mass is 480 g/mol. The molecule has 35 heavy (non-hydrogen) atoms. The number of nitrogens with one attached hydrogen (secondary N) is 2. The van der Waals surface area contributed by atoms with Gasteiger partial charge in [0.15, 0.2) is 0 Å². The maximum Gasteiger partial charge on any atom is 0.407 e. The van der Waals surface area contributed by atoms with Gasteiger partial charge in [-0.05, 0) is 41.5 Å². The van der Waals surface area contributed by atoms with Crippen molar-refractivity contribution in [2.45, 2.75) is 70.3 Å². The second-order valence-electron chi connectivity index (χ2n) is 9.07. The molecule has 0 unspecified atom stereocenters. The van der Waals surface area contributed by atoms with E-state index in [0.717, 1.165) is 25.7 Å². The molecule has 1 atom stereocenters. The van der Waals surface area contributed by atoms with Gasteiger partial charge in [0.1, 0.15) is 6.61 Å². The van der Waals surface area contributed by atoms with Crippen molar-refractivity contribution >= 4 is 18.0 Å². The number of carbonyl (C=O) groups is 3. The summed E-state index contributed by atoms with van der Waals surface area (Å²) < 4.78 is 5.53. The summed E-state index contributed by atoms with van der Waals surface area (Å²) >= 11 is 0. The van der Waals surface area contributed by atoms with Gasteiger partial charge in [-0.15, -0.1) is 0 Å². The lowest BCUT2D eigenvalue weighted by Crippen LogP contribution is -2.36. The first-order valence-corrected chi connectivity index (χ1v) is 12.6. The third kappa shape index (κ3) is 7.84. The molecule has 3 rings (SSSR count). The summed E-state index contributed by atoms with van der Waals surface area (Å²) in [6.45, 7) is 2.81. The Morgan fingerprint density at radius 2 is 1.60 bits per heavy atom.